The van der Waals surface area contributed by atoms with Gasteiger partial charge in [-0.15, -0.1) is 0 Å². The van der Waals surface area contributed by atoms with Gasteiger partial charge in [-0.1, -0.05) is 13.3 Å². The number of carbonyl (C=O) groups is 2. The third-order valence-electron chi connectivity index (χ3n) is 4.58. The number of fused-ring (bicyclic) bond motifs is 1. The average molecular weight is 371 g/mol. The summed E-state index contributed by atoms with van der Waals surface area (Å²) in [5.41, 5.74) is -0.763. The Morgan fingerprint density at radius 1 is 1.37 bits per heavy atom. The first-order chi connectivity index (χ1) is 12.9. The highest BCUT2D eigenvalue weighted by molar-refractivity contribution is 6.19. The molecule has 2 heterocycles. The van der Waals surface area contributed by atoms with Crippen LogP contribution in [0.5, 0.6) is 5.75 Å². The second-order valence-corrected chi connectivity index (χ2v) is 6.68. The summed E-state index contributed by atoms with van der Waals surface area (Å²) < 4.78 is 19.1. The van der Waals surface area contributed by atoms with E-state index in [1.165, 1.54) is 30.0 Å². The lowest BCUT2D eigenvalue weighted by Gasteiger charge is -2.38. The smallest absolute Gasteiger partial charge is 0.282 e. The van der Waals surface area contributed by atoms with Gasteiger partial charge in [-0.25, -0.2) is 9.37 Å². The van der Waals surface area contributed by atoms with Crippen molar-refractivity contribution in [2.24, 2.45) is 0 Å². The molecule has 0 saturated heterocycles. The molecule has 0 spiro atoms. The quantitative estimate of drug-likeness (QED) is 0.817. The monoisotopic (exact) mass is 371 g/mol. The molecule has 1 N–H and O–H groups in total. The predicted molar refractivity (Wildman–Crippen MR) is 100 cm³/mol. The summed E-state index contributed by atoms with van der Waals surface area (Å²) in [6.45, 7) is 5.59. The third-order valence-corrected chi connectivity index (χ3v) is 4.58. The number of hydrogen-bond donors (Lipinski definition) is 1. The van der Waals surface area contributed by atoms with Crippen LogP contribution in [0.1, 0.15) is 32.3 Å². The zero-order chi connectivity index (χ0) is 19.6. The van der Waals surface area contributed by atoms with E-state index in [9.17, 15) is 14.0 Å². The summed E-state index contributed by atoms with van der Waals surface area (Å²) >= 11 is 0. The van der Waals surface area contributed by atoms with E-state index in [-0.39, 0.29) is 0 Å². The van der Waals surface area contributed by atoms with Gasteiger partial charge in [0, 0.05) is 18.4 Å². The maximum atomic E-state index is 13.3. The van der Waals surface area contributed by atoms with Crippen molar-refractivity contribution in [2.75, 3.05) is 16.8 Å². The Kier molecular flexibility index (Phi) is 5.12. The molecule has 2 amide bonds. The average Bonchev–Trinajstić information content (AvgIpc) is 2.64. The van der Waals surface area contributed by atoms with Crippen LogP contribution >= 0.6 is 0 Å². The number of benzene rings is 1. The van der Waals surface area contributed by atoms with Gasteiger partial charge in [-0.2, -0.15) is 0 Å². The van der Waals surface area contributed by atoms with Crippen molar-refractivity contribution in [3.05, 3.63) is 47.9 Å². The lowest BCUT2D eigenvalue weighted by atomic mass is 10.00. The Balaban J connectivity index is 1.93. The van der Waals surface area contributed by atoms with Crippen LogP contribution in [0.25, 0.3) is 0 Å². The molecule has 27 heavy (non-hydrogen) atoms. The highest BCUT2D eigenvalue weighted by Crippen LogP contribution is 2.36. The molecular formula is C20H22FN3O3. The topological polar surface area (TPSA) is 71.5 Å². The van der Waals surface area contributed by atoms with Gasteiger partial charge in [0.1, 0.15) is 5.82 Å². The molecule has 1 atom stereocenters. The van der Waals surface area contributed by atoms with E-state index >= 15 is 0 Å². The van der Waals surface area contributed by atoms with Crippen molar-refractivity contribution in [3.8, 4) is 5.75 Å². The molecular weight excluding hydrogens is 349 g/mol. The van der Waals surface area contributed by atoms with Crippen LogP contribution in [0.3, 0.4) is 0 Å². The predicted octanol–water partition coefficient (Wildman–Crippen LogP) is 3.45. The van der Waals surface area contributed by atoms with Crippen molar-refractivity contribution >= 4 is 23.3 Å². The molecule has 142 valence electrons. The molecule has 7 heteroatoms. The second kappa shape index (κ2) is 7.34. The molecule has 0 bridgehead atoms. The minimum absolute atomic E-state index is 0.377. The van der Waals surface area contributed by atoms with Crippen molar-refractivity contribution in [1.29, 1.82) is 0 Å². The fraction of sp³-hybridized carbons (Fsp3) is 0.350. The number of anilines is 2. The number of hydrogen-bond acceptors (Lipinski definition) is 4. The van der Waals surface area contributed by atoms with Crippen LogP contribution in [-0.2, 0) is 9.59 Å². The first-order valence-corrected chi connectivity index (χ1v) is 8.90. The number of rotatable bonds is 5. The maximum Gasteiger partial charge on any atom is 0.282 e. The van der Waals surface area contributed by atoms with Crippen LogP contribution in [-0.4, -0.2) is 28.9 Å². The number of ether oxygens (including phenoxy) is 1. The zero-order valence-electron chi connectivity index (χ0n) is 15.6. The number of carbonyl (C=O) groups excluding carboxylic acids is 2. The molecule has 0 unspecified atom stereocenters. The standard InChI is InChI=1S/C20H22FN3O3/c1-4-5-11-24-17-16(7-6-10-22-17)27-20(3,19(24)26)18(25)23-15-9-8-14(21)12-13(15)2/h6-10,12H,4-5,11H2,1-3H3,(H,23,25)/t20-/m1/s1. The van der Waals surface area contributed by atoms with Crippen LogP contribution < -0.4 is 15.0 Å². The van der Waals surface area contributed by atoms with Crippen molar-refractivity contribution in [3.63, 3.8) is 0 Å². The number of nitrogens with one attached hydrogen (secondary N) is 1. The minimum Gasteiger partial charge on any atom is -0.464 e. The molecule has 1 aromatic carbocycles. The van der Waals surface area contributed by atoms with E-state index in [2.05, 4.69) is 10.3 Å². The number of nitrogens with zero attached hydrogens (tertiary/aromatic N) is 2. The van der Waals surface area contributed by atoms with E-state index < -0.39 is 23.2 Å². The Morgan fingerprint density at radius 3 is 2.85 bits per heavy atom. The highest BCUT2D eigenvalue weighted by Gasteiger charge is 2.51. The van der Waals surface area contributed by atoms with E-state index in [0.717, 1.165) is 12.8 Å². The summed E-state index contributed by atoms with van der Waals surface area (Å²) in [6, 6.07) is 7.40. The lowest BCUT2D eigenvalue weighted by molar-refractivity contribution is -0.145. The molecule has 0 radical (unpaired) electrons. The summed E-state index contributed by atoms with van der Waals surface area (Å²) in [5.74, 6) is -0.689. The van der Waals surface area contributed by atoms with E-state index in [1.54, 1.807) is 25.3 Å². The molecule has 0 aliphatic carbocycles. The van der Waals surface area contributed by atoms with Crippen LogP contribution in [0.15, 0.2) is 36.5 Å². The Bertz CT molecular complexity index is 887. The Labute approximate surface area is 157 Å². The molecule has 2 aromatic rings. The molecule has 0 fully saturated rings. The summed E-state index contributed by atoms with van der Waals surface area (Å²) in [7, 11) is 0. The van der Waals surface area contributed by atoms with Gasteiger partial charge >= 0.3 is 0 Å². The first kappa shape index (κ1) is 18.8. The minimum atomic E-state index is -1.75. The van der Waals surface area contributed by atoms with Crippen molar-refractivity contribution < 1.29 is 18.7 Å². The zero-order valence-corrected chi connectivity index (χ0v) is 15.6. The Morgan fingerprint density at radius 2 is 2.15 bits per heavy atom. The third kappa shape index (κ3) is 3.49. The largest absolute Gasteiger partial charge is 0.464 e. The van der Waals surface area contributed by atoms with Crippen molar-refractivity contribution in [2.45, 2.75) is 39.2 Å². The van der Waals surface area contributed by atoms with Crippen LogP contribution in [0.2, 0.25) is 0 Å². The van der Waals surface area contributed by atoms with E-state index in [1.807, 2.05) is 6.92 Å². The van der Waals surface area contributed by atoms with Crippen LogP contribution in [0, 0.1) is 12.7 Å². The number of aryl methyl sites for hydroxylation is 1. The maximum absolute atomic E-state index is 13.3. The number of amides is 2. The number of halogens is 1. The number of pyridine rings is 1. The van der Waals surface area contributed by atoms with E-state index in [4.69, 9.17) is 4.74 Å². The van der Waals surface area contributed by atoms with E-state index in [0.29, 0.717) is 29.4 Å². The second-order valence-electron chi connectivity index (χ2n) is 6.68. The summed E-state index contributed by atoms with van der Waals surface area (Å²) in [6.07, 6.45) is 3.25. The van der Waals surface area contributed by atoms with Gasteiger partial charge in [-0.3, -0.25) is 14.5 Å². The van der Waals surface area contributed by atoms with Gasteiger partial charge in [-0.05, 0) is 56.2 Å². The SMILES string of the molecule is CCCCN1C(=O)[C@@](C)(C(=O)Nc2ccc(F)cc2C)Oc2cccnc21. The van der Waals surface area contributed by atoms with Gasteiger partial charge in [0.2, 0.25) is 0 Å². The summed E-state index contributed by atoms with van der Waals surface area (Å²) in [4.78, 5) is 31.8. The molecule has 6 nitrogen and oxygen atoms in total. The Hall–Kier alpha value is -2.96. The molecule has 0 saturated carbocycles. The number of unbranched alkanes of at least 4 members (excludes halogenated alkanes) is 1. The molecule has 1 aliphatic heterocycles. The normalized spacial score (nSPS) is 18.7. The molecule has 1 aliphatic rings. The number of aromatic nitrogens is 1. The van der Waals surface area contributed by atoms with Gasteiger partial charge in [0.05, 0.1) is 0 Å². The molecule has 1 aromatic heterocycles. The van der Waals surface area contributed by atoms with Crippen molar-refractivity contribution in [1.82, 2.24) is 4.98 Å². The summed E-state index contributed by atoms with van der Waals surface area (Å²) in [5, 5.41) is 2.69. The highest BCUT2D eigenvalue weighted by atomic mass is 19.1. The van der Waals surface area contributed by atoms with Crippen LogP contribution in [0.4, 0.5) is 15.9 Å². The first-order valence-electron chi connectivity index (χ1n) is 8.90. The molecule has 3 rings (SSSR count). The fourth-order valence-corrected chi connectivity index (χ4v) is 2.96. The fourth-order valence-electron chi connectivity index (χ4n) is 2.96. The van der Waals surface area contributed by atoms with Gasteiger partial charge in [0.15, 0.2) is 11.6 Å². The lowest BCUT2D eigenvalue weighted by Crippen LogP contribution is -2.61. The van der Waals surface area contributed by atoms with Gasteiger partial charge in [0.25, 0.3) is 17.4 Å². The van der Waals surface area contributed by atoms with Gasteiger partial charge < -0.3 is 10.1 Å².